The molecular weight excluding hydrogens is 264 g/mol. The van der Waals surface area contributed by atoms with Gasteiger partial charge >= 0.3 is 5.97 Å². The zero-order valence-electron chi connectivity index (χ0n) is 8.46. The van der Waals surface area contributed by atoms with Crippen LogP contribution in [0.25, 0.3) is 0 Å². The summed E-state index contributed by atoms with van der Waals surface area (Å²) >= 11 is 4.90. The van der Waals surface area contributed by atoms with Crippen LogP contribution in [0.15, 0.2) is 15.9 Å². The minimum absolute atomic E-state index is 0.174. The molecule has 0 aliphatic heterocycles. The molecule has 0 spiro atoms. The van der Waals surface area contributed by atoms with Crippen LogP contribution in [0.2, 0.25) is 0 Å². The van der Waals surface area contributed by atoms with E-state index in [-0.39, 0.29) is 5.97 Å². The van der Waals surface area contributed by atoms with Crippen molar-refractivity contribution in [2.45, 2.75) is 32.8 Å². The van der Waals surface area contributed by atoms with E-state index in [1.54, 1.807) is 11.3 Å². The number of esters is 1. The summed E-state index contributed by atoms with van der Waals surface area (Å²) in [5.74, 6) is -0.174. The molecule has 4 heteroatoms. The lowest BCUT2D eigenvalue weighted by atomic mass is 10.2. The molecule has 0 radical (unpaired) electrons. The zero-order chi connectivity index (χ0) is 10.8. The highest BCUT2D eigenvalue weighted by atomic mass is 79.9. The van der Waals surface area contributed by atoms with Gasteiger partial charge in [-0.25, -0.2) is 0 Å². The van der Waals surface area contributed by atoms with Gasteiger partial charge in [-0.1, -0.05) is 0 Å². The Hall–Kier alpha value is -0.350. The molecule has 0 saturated heterocycles. The Morgan fingerprint density at radius 1 is 1.57 bits per heavy atom. The van der Waals surface area contributed by atoms with E-state index >= 15 is 0 Å². The molecule has 0 N–H and O–H groups in total. The molecular formula is C10H13BrO2S. The first-order valence-corrected chi connectivity index (χ1v) is 5.99. The topological polar surface area (TPSA) is 26.3 Å². The average Bonchev–Trinajstić information content (AvgIpc) is 2.30. The van der Waals surface area contributed by atoms with Gasteiger partial charge in [0.1, 0.15) is 5.60 Å². The Balaban J connectivity index is 2.50. The molecule has 1 aromatic rings. The molecule has 1 heterocycles. The van der Waals surface area contributed by atoms with Gasteiger partial charge in [0.25, 0.3) is 0 Å². The third kappa shape index (κ3) is 4.24. The second-order valence-electron chi connectivity index (χ2n) is 3.99. The number of hydrogen-bond donors (Lipinski definition) is 0. The van der Waals surface area contributed by atoms with E-state index in [4.69, 9.17) is 4.74 Å². The van der Waals surface area contributed by atoms with E-state index in [1.165, 1.54) is 0 Å². The highest BCUT2D eigenvalue weighted by molar-refractivity contribution is 9.10. The Labute approximate surface area is 96.4 Å². The number of carbonyl (C=O) groups excluding carboxylic acids is 1. The van der Waals surface area contributed by atoms with E-state index < -0.39 is 5.60 Å². The lowest BCUT2D eigenvalue weighted by molar-refractivity contribution is -0.153. The highest BCUT2D eigenvalue weighted by Gasteiger charge is 2.16. The van der Waals surface area contributed by atoms with Crippen molar-refractivity contribution in [2.75, 3.05) is 0 Å². The summed E-state index contributed by atoms with van der Waals surface area (Å²) in [6.45, 7) is 5.61. The van der Waals surface area contributed by atoms with E-state index in [0.29, 0.717) is 6.42 Å². The van der Waals surface area contributed by atoms with E-state index in [1.807, 2.05) is 32.2 Å². The van der Waals surface area contributed by atoms with Crippen LogP contribution in [0.1, 0.15) is 25.6 Å². The van der Waals surface area contributed by atoms with E-state index in [0.717, 1.165) is 9.35 Å². The average molecular weight is 277 g/mol. The summed E-state index contributed by atoms with van der Waals surface area (Å²) in [4.78, 5) is 12.4. The van der Waals surface area contributed by atoms with Gasteiger partial charge in [-0.05, 0) is 42.8 Å². The molecule has 0 unspecified atom stereocenters. The van der Waals surface area contributed by atoms with Crippen LogP contribution in [0.5, 0.6) is 0 Å². The van der Waals surface area contributed by atoms with Crippen molar-refractivity contribution >= 4 is 33.2 Å². The number of hydrogen-bond acceptors (Lipinski definition) is 3. The first-order chi connectivity index (χ1) is 6.37. The SMILES string of the molecule is CC(C)(C)OC(=O)Cc1cc(Br)cs1. The van der Waals surface area contributed by atoms with Crippen LogP contribution in [-0.2, 0) is 16.0 Å². The normalized spacial score (nSPS) is 11.4. The fourth-order valence-electron chi connectivity index (χ4n) is 0.966. The van der Waals surface area contributed by atoms with E-state index in [9.17, 15) is 4.79 Å². The standard InChI is InChI=1S/C10H13BrO2S/c1-10(2,3)13-9(12)5-8-4-7(11)6-14-8/h4,6H,5H2,1-3H3. The van der Waals surface area contributed by atoms with Crippen LogP contribution >= 0.6 is 27.3 Å². The summed E-state index contributed by atoms with van der Waals surface area (Å²) in [6.07, 6.45) is 0.355. The summed E-state index contributed by atoms with van der Waals surface area (Å²) in [5.41, 5.74) is -0.397. The van der Waals surface area contributed by atoms with Crippen molar-refractivity contribution < 1.29 is 9.53 Å². The Bertz CT molecular complexity index is 325. The Morgan fingerprint density at radius 3 is 2.64 bits per heavy atom. The van der Waals surface area contributed by atoms with Gasteiger partial charge in [-0.15, -0.1) is 11.3 Å². The van der Waals surface area contributed by atoms with Crippen LogP contribution in [0, 0.1) is 0 Å². The molecule has 2 nitrogen and oxygen atoms in total. The van der Waals surface area contributed by atoms with Crippen LogP contribution in [-0.4, -0.2) is 11.6 Å². The van der Waals surface area contributed by atoms with Gasteiger partial charge in [0.2, 0.25) is 0 Å². The number of rotatable bonds is 2. The molecule has 0 fully saturated rings. The third-order valence-corrected chi connectivity index (χ3v) is 3.06. The van der Waals surface area contributed by atoms with Gasteiger partial charge in [-0.3, -0.25) is 4.79 Å². The maximum absolute atomic E-state index is 11.4. The maximum Gasteiger partial charge on any atom is 0.311 e. The molecule has 78 valence electrons. The van der Waals surface area contributed by atoms with Crippen molar-refractivity contribution in [3.63, 3.8) is 0 Å². The van der Waals surface area contributed by atoms with E-state index in [2.05, 4.69) is 15.9 Å². The molecule has 0 atom stereocenters. The lowest BCUT2D eigenvalue weighted by Crippen LogP contribution is -2.24. The monoisotopic (exact) mass is 276 g/mol. The Morgan fingerprint density at radius 2 is 2.21 bits per heavy atom. The van der Waals surface area contributed by atoms with Crippen molar-refractivity contribution in [3.8, 4) is 0 Å². The summed E-state index contributed by atoms with van der Waals surface area (Å²) in [6, 6.07) is 1.94. The van der Waals surface area contributed by atoms with Crippen LogP contribution < -0.4 is 0 Å². The first-order valence-electron chi connectivity index (χ1n) is 4.31. The maximum atomic E-state index is 11.4. The van der Waals surface area contributed by atoms with Crippen molar-refractivity contribution in [1.29, 1.82) is 0 Å². The molecule has 14 heavy (non-hydrogen) atoms. The number of carbonyl (C=O) groups is 1. The van der Waals surface area contributed by atoms with Gasteiger partial charge in [-0.2, -0.15) is 0 Å². The molecule has 0 aliphatic carbocycles. The molecule has 1 aromatic heterocycles. The van der Waals surface area contributed by atoms with Gasteiger partial charge in [0, 0.05) is 14.7 Å². The number of thiophene rings is 1. The van der Waals surface area contributed by atoms with Crippen LogP contribution in [0.3, 0.4) is 0 Å². The fraction of sp³-hybridized carbons (Fsp3) is 0.500. The summed E-state index contributed by atoms with van der Waals surface area (Å²) < 4.78 is 6.22. The third-order valence-electron chi connectivity index (χ3n) is 1.36. The minimum Gasteiger partial charge on any atom is -0.460 e. The summed E-state index contributed by atoms with van der Waals surface area (Å²) in [5, 5.41) is 1.96. The predicted molar refractivity (Wildman–Crippen MR) is 61.6 cm³/mol. The first kappa shape index (κ1) is 11.7. The van der Waals surface area contributed by atoms with Gasteiger partial charge < -0.3 is 4.74 Å². The van der Waals surface area contributed by atoms with Gasteiger partial charge in [0.05, 0.1) is 6.42 Å². The number of halogens is 1. The highest BCUT2D eigenvalue weighted by Crippen LogP contribution is 2.21. The van der Waals surface area contributed by atoms with Gasteiger partial charge in [0.15, 0.2) is 0 Å². The molecule has 0 amide bonds. The molecule has 1 rings (SSSR count). The predicted octanol–water partition coefficient (Wildman–Crippen LogP) is 3.39. The zero-order valence-corrected chi connectivity index (χ0v) is 10.9. The number of ether oxygens (including phenoxy) is 1. The molecule has 0 aliphatic rings. The molecule has 0 aromatic carbocycles. The summed E-state index contributed by atoms with van der Waals surface area (Å²) in [7, 11) is 0. The quantitative estimate of drug-likeness (QED) is 0.774. The largest absolute Gasteiger partial charge is 0.460 e. The Kier molecular flexibility index (Phi) is 3.72. The smallest absolute Gasteiger partial charge is 0.311 e. The molecule has 0 bridgehead atoms. The second kappa shape index (κ2) is 4.45. The molecule has 0 saturated carbocycles. The minimum atomic E-state index is -0.397. The van der Waals surface area contributed by atoms with Crippen molar-refractivity contribution in [1.82, 2.24) is 0 Å². The van der Waals surface area contributed by atoms with Crippen LogP contribution in [0.4, 0.5) is 0 Å². The lowest BCUT2D eigenvalue weighted by Gasteiger charge is -2.19. The van der Waals surface area contributed by atoms with Crippen molar-refractivity contribution in [3.05, 3.63) is 20.8 Å². The fourth-order valence-corrected chi connectivity index (χ4v) is 2.40. The second-order valence-corrected chi connectivity index (χ2v) is 5.91. The van der Waals surface area contributed by atoms with Crippen molar-refractivity contribution in [2.24, 2.45) is 0 Å².